The third-order valence-corrected chi connectivity index (χ3v) is 6.97. The second-order valence-corrected chi connectivity index (χ2v) is 9.43. The van der Waals surface area contributed by atoms with Gasteiger partial charge >= 0.3 is 18.1 Å². The van der Waals surface area contributed by atoms with Crippen molar-refractivity contribution in [3.8, 4) is 22.0 Å². The van der Waals surface area contributed by atoms with Gasteiger partial charge in [-0.2, -0.15) is 26.3 Å². The monoisotopic (exact) mass is 566 g/mol. The second kappa shape index (κ2) is 9.93. The molecule has 0 radical (unpaired) electrons. The normalized spacial score (nSPS) is 13.2. The molecule has 39 heavy (non-hydrogen) atoms. The fourth-order valence-corrected chi connectivity index (χ4v) is 5.16. The predicted octanol–water partition coefficient (Wildman–Crippen LogP) is 6.70. The van der Waals surface area contributed by atoms with Gasteiger partial charge in [0.15, 0.2) is 5.82 Å². The van der Waals surface area contributed by atoms with E-state index in [-0.39, 0.29) is 16.9 Å². The van der Waals surface area contributed by atoms with E-state index in [4.69, 9.17) is 4.74 Å². The number of thiazole rings is 1. The Balaban J connectivity index is 1.62. The summed E-state index contributed by atoms with van der Waals surface area (Å²) in [5.74, 6) is -0.676. The van der Waals surface area contributed by atoms with Gasteiger partial charge in [0.05, 0.1) is 21.7 Å². The highest BCUT2D eigenvalue weighted by molar-refractivity contribution is 7.15. The Hall–Kier alpha value is -4.04. The van der Waals surface area contributed by atoms with Gasteiger partial charge in [-0.25, -0.2) is 9.78 Å². The van der Waals surface area contributed by atoms with Crippen LogP contribution < -0.4 is 5.76 Å². The van der Waals surface area contributed by atoms with Crippen LogP contribution in [0.2, 0.25) is 0 Å². The third-order valence-electron chi connectivity index (χ3n) is 5.72. The maximum absolute atomic E-state index is 13.3. The lowest BCUT2D eigenvalue weighted by Crippen LogP contribution is -2.20. The number of ether oxygens (including phenoxy) is 1. The number of fused-ring (bicyclic) bond motifs is 1. The molecule has 2 aromatic carbocycles. The van der Waals surface area contributed by atoms with Crippen molar-refractivity contribution in [3.63, 3.8) is 0 Å². The molecule has 1 N–H and O–H groups in total. The molecule has 5 aromatic rings. The number of pyridine rings is 1. The number of rotatable bonds is 6. The molecule has 202 valence electrons. The first kappa shape index (κ1) is 26.6. The van der Waals surface area contributed by atoms with Crippen molar-refractivity contribution >= 4 is 22.2 Å². The fraction of sp³-hybridized carbons (Fsp3) is 0.200. The van der Waals surface area contributed by atoms with E-state index in [0.717, 1.165) is 23.5 Å². The number of hydrogen-bond acceptors (Lipinski definition) is 7. The van der Waals surface area contributed by atoms with Crippen LogP contribution in [0.4, 0.5) is 26.3 Å². The number of hydrogen-bond donors (Lipinski definition) is 1. The topological polar surface area (TPSA) is 93.9 Å². The van der Waals surface area contributed by atoms with Gasteiger partial charge in [0.25, 0.3) is 0 Å². The van der Waals surface area contributed by atoms with Gasteiger partial charge in [-0.05, 0) is 31.2 Å². The van der Waals surface area contributed by atoms with Crippen molar-refractivity contribution in [1.29, 1.82) is 0 Å². The number of aromatic amines is 1. The molecule has 1 unspecified atom stereocenters. The van der Waals surface area contributed by atoms with E-state index in [1.807, 2.05) is 0 Å². The van der Waals surface area contributed by atoms with Crippen LogP contribution in [-0.4, -0.2) is 32.9 Å². The number of aromatic nitrogens is 4. The molecule has 0 spiro atoms. The van der Waals surface area contributed by atoms with Crippen LogP contribution in [0.15, 0.2) is 64.0 Å². The SMILES string of the molecule is Cc1nc(-c2ccc(C(F)(F)F)cc2)sc1C(OCC(F)(F)F)c1ccc(-c2noc(=O)[nH]2)c2cccnc12. The lowest BCUT2D eigenvalue weighted by atomic mass is 9.98. The Kier molecular flexibility index (Phi) is 6.76. The molecule has 0 bridgehead atoms. The minimum absolute atomic E-state index is 0.107. The zero-order chi connectivity index (χ0) is 27.9. The molecule has 14 heteroatoms. The van der Waals surface area contributed by atoms with Crippen LogP contribution in [0.25, 0.3) is 32.9 Å². The molecule has 1 atom stereocenters. The molecule has 0 saturated carbocycles. The van der Waals surface area contributed by atoms with Crippen molar-refractivity contribution in [1.82, 2.24) is 20.1 Å². The second-order valence-electron chi connectivity index (χ2n) is 8.40. The smallest absolute Gasteiger partial charge is 0.358 e. The van der Waals surface area contributed by atoms with Gasteiger partial charge in [-0.3, -0.25) is 14.5 Å². The Labute approximate surface area is 219 Å². The van der Waals surface area contributed by atoms with Crippen molar-refractivity contribution < 1.29 is 35.6 Å². The lowest BCUT2D eigenvalue weighted by Gasteiger charge is -2.20. The molecule has 0 aliphatic carbocycles. The van der Waals surface area contributed by atoms with E-state index in [1.165, 1.54) is 24.4 Å². The minimum Gasteiger partial charge on any atom is -0.358 e. The van der Waals surface area contributed by atoms with Crippen molar-refractivity contribution in [2.24, 2.45) is 0 Å². The first-order chi connectivity index (χ1) is 18.4. The van der Waals surface area contributed by atoms with Gasteiger partial charge in [-0.1, -0.05) is 29.4 Å². The van der Waals surface area contributed by atoms with Crippen LogP contribution in [0.5, 0.6) is 0 Å². The Morgan fingerprint density at radius 2 is 1.79 bits per heavy atom. The molecule has 0 saturated heterocycles. The quantitative estimate of drug-likeness (QED) is 0.230. The van der Waals surface area contributed by atoms with Crippen LogP contribution in [0.3, 0.4) is 0 Å². The molecule has 5 rings (SSSR count). The molecule has 7 nitrogen and oxygen atoms in total. The number of halogens is 6. The van der Waals surface area contributed by atoms with Crippen molar-refractivity contribution in [2.45, 2.75) is 25.4 Å². The average Bonchev–Trinajstić information content (AvgIpc) is 3.48. The summed E-state index contributed by atoms with van der Waals surface area (Å²) < 4.78 is 88.7. The molecule has 0 fully saturated rings. The first-order valence-electron chi connectivity index (χ1n) is 11.2. The first-order valence-corrected chi connectivity index (χ1v) is 12.0. The number of aryl methyl sites for hydroxylation is 1. The molecule has 0 aliphatic rings. The average molecular weight is 566 g/mol. The van der Waals surface area contributed by atoms with Crippen LogP contribution in [-0.2, 0) is 10.9 Å². The zero-order valence-electron chi connectivity index (χ0n) is 19.7. The summed E-state index contributed by atoms with van der Waals surface area (Å²) in [7, 11) is 0. The largest absolute Gasteiger partial charge is 0.439 e. The molecular formula is C25H16F6N4O3S. The van der Waals surface area contributed by atoms with E-state index in [1.54, 1.807) is 25.1 Å². The summed E-state index contributed by atoms with van der Waals surface area (Å²) in [6.07, 6.45) is -8.97. The maximum Gasteiger partial charge on any atom is 0.439 e. The highest BCUT2D eigenvalue weighted by atomic mass is 32.1. The van der Waals surface area contributed by atoms with E-state index in [9.17, 15) is 31.1 Å². The minimum atomic E-state index is -4.64. The summed E-state index contributed by atoms with van der Waals surface area (Å²) in [6.45, 7) is 0.00475. The van der Waals surface area contributed by atoms with Gasteiger partial charge < -0.3 is 4.74 Å². The zero-order valence-corrected chi connectivity index (χ0v) is 20.5. The molecular weight excluding hydrogens is 550 g/mol. The van der Waals surface area contributed by atoms with Gasteiger partial charge in [0.2, 0.25) is 0 Å². The molecule has 3 heterocycles. The van der Waals surface area contributed by atoms with Gasteiger partial charge in [0, 0.05) is 28.3 Å². The van der Waals surface area contributed by atoms with Gasteiger partial charge in [0.1, 0.15) is 17.7 Å². The maximum atomic E-state index is 13.3. The van der Waals surface area contributed by atoms with Crippen molar-refractivity contribution in [3.05, 3.63) is 87.0 Å². The number of alkyl halides is 6. The van der Waals surface area contributed by atoms with Gasteiger partial charge in [-0.15, -0.1) is 11.3 Å². The summed E-state index contributed by atoms with van der Waals surface area (Å²) in [4.78, 5) is 23.0. The van der Waals surface area contributed by atoms with E-state index in [2.05, 4.69) is 24.6 Å². The molecule has 0 aliphatic heterocycles. The summed E-state index contributed by atoms with van der Waals surface area (Å²) >= 11 is 1.00. The Bertz CT molecular complexity index is 1690. The molecule has 0 amide bonds. The van der Waals surface area contributed by atoms with Crippen LogP contribution in [0.1, 0.15) is 27.8 Å². The predicted molar refractivity (Wildman–Crippen MR) is 129 cm³/mol. The molecule has 3 aromatic heterocycles. The number of nitrogens with one attached hydrogen (secondary N) is 1. The number of nitrogens with zero attached hydrogens (tertiary/aromatic N) is 3. The highest BCUT2D eigenvalue weighted by Gasteiger charge is 2.33. The summed E-state index contributed by atoms with van der Waals surface area (Å²) in [5.41, 5.74) is 0.873. The summed E-state index contributed by atoms with van der Waals surface area (Å²) in [6, 6.07) is 10.6. The Morgan fingerprint density at radius 3 is 2.44 bits per heavy atom. The number of H-pyrrole nitrogens is 1. The van der Waals surface area contributed by atoms with E-state index >= 15 is 0 Å². The Morgan fingerprint density at radius 1 is 1.05 bits per heavy atom. The third kappa shape index (κ3) is 5.56. The lowest BCUT2D eigenvalue weighted by molar-refractivity contribution is -0.181. The highest BCUT2D eigenvalue weighted by Crippen LogP contribution is 2.41. The standard InChI is InChI=1S/C25H16F6N4O3S/c1-12-20(39-22(33-12)13-4-6-14(7-5-13)25(29,30)31)19(37-11-24(26,27)28)17-9-8-16(21-34-23(36)38-35-21)15-3-2-10-32-18(15)17/h2-10,19H,11H2,1H3,(H,34,35,36). The van der Waals surface area contributed by atoms with E-state index in [0.29, 0.717) is 32.1 Å². The van der Waals surface area contributed by atoms with Crippen LogP contribution in [0, 0.1) is 6.92 Å². The fourth-order valence-electron chi connectivity index (χ4n) is 4.02. The van der Waals surface area contributed by atoms with E-state index < -0.39 is 36.4 Å². The number of benzene rings is 2. The van der Waals surface area contributed by atoms with Crippen molar-refractivity contribution in [2.75, 3.05) is 6.61 Å². The summed E-state index contributed by atoms with van der Waals surface area (Å²) in [5, 5.41) is 4.45. The van der Waals surface area contributed by atoms with Crippen LogP contribution >= 0.6 is 11.3 Å².